The molecule has 0 aliphatic rings. The molecule has 2 N–H and O–H groups in total. The third-order valence-electron chi connectivity index (χ3n) is 2.30. The lowest BCUT2D eigenvalue weighted by atomic mass is 10.1. The molecule has 0 fully saturated rings. The van der Waals surface area contributed by atoms with E-state index < -0.39 is 0 Å². The van der Waals surface area contributed by atoms with Crippen LogP contribution in [0.5, 0.6) is 5.88 Å². The smallest absolute Gasteiger partial charge is 0.213 e. The lowest BCUT2D eigenvalue weighted by molar-refractivity contribution is 0.287. The Bertz CT molecular complexity index is 310. The summed E-state index contributed by atoms with van der Waals surface area (Å²) in [5.74, 6) is 1.40. The Kier molecular flexibility index (Phi) is 4.40. The first-order chi connectivity index (χ1) is 7.09. The predicted octanol–water partition coefficient (Wildman–Crippen LogP) is 2.79. The van der Waals surface area contributed by atoms with Crippen LogP contribution in [0.4, 0.5) is 5.69 Å². The number of aryl methyl sites for hydroxylation is 1. The van der Waals surface area contributed by atoms with Gasteiger partial charge in [-0.2, -0.15) is 0 Å². The molecule has 84 valence electrons. The van der Waals surface area contributed by atoms with Crippen LogP contribution in [0.2, 0.25) is 0 Å². The molecule has 0 aliphatic carbocycles. The first-order valence-corrected chi connectivity index (χ1v) is 5.44. The predicted molar refractivity (Wildman–Crippen MR) is 63.0 cm³/mol. The Morgan fingerprint density at radius 3 is 2.80 bits per heavy atom. The number of anilines is 1. The summed E-state index contributed by atoms with van der Waals surface area (Å²) in [7, 11) is 0. The van der Waals surface area contributed by atoms with E-state index in [1.807, 2.05) is 13.0 Å². The second-order valence-electron chi connectivity index (χ2n) is 4.26. The zero-order chi connectivity index (χ0) is 11.3. The molecular formula is C12H20N2O. The van der Waals surface area contributed by atoms with E-state index >= 15 is 0 Å². The van der Waals surface area contributed by atoms with Crippen LogP contribution in [0.25, 0.3) is 0 Å². The van der Waals surface area contributed by atoms with Crippen LogP contribution in [0.15, 0.2) is 12.3 Å². The minimum absolute atomic E-state index is 0.672. The average Bonchev–Trinajstić information content (AvgIpc) is 2.18. The maximum atomic E-state index is 5.67. The summed E-state index contributed by atoms with van der Waals surface area (Å²) in [5, 5.41) is 0. The fourth-order valence-electron chi connectivity index (χ4n) is 1.29. The van der Waals surface area contributed by atoms with Crippen LogP contribution in [0.3, 0.4) is 0 Å². The molecule has 3 heteroatoms. The molecule has 0 amide bonds. The maximum Gasteiger partial charge on any atom is 0.213 e. The third-order valence-corrected chi connectivity index (χ3v) is 2.30. The van der Waals surface area contributed by atoms with E-state index in [1.54, 1.807) is 6.20 Å². The van der Waals surface area contributed by atoms with Crippen LogP contribution in [0.1, 0.15) is 32.3 Å². The number of rotatable bonds is 5. The van der Waals surface area contributed by atoms with Gasteiger partial charge in [0.2, 0.25) is 5.88 Å². The summed E-state index contributed by atoms with van der Waals surface area (Å²) >= 11 is 0. The second-order valence-corrected chi connectivity index (χ2v) is 4.26. The quantitative estimate of drug-likeness (QED) is 0.757. The van der Waals surface area contributed by atoms with Crippen LogP contribution in [-0.2, 0) is 0 Å². The summed E-state index contributed by atoms with van der Waals surface area (Å²) < 4.78 is 5.53. The maximum absolute atomic E-state index is 5.67. The van der Waals surface area contributed by atoms with Gasteiger partial charge in [-0.1, -0.05) is 13.8 Å². The van der Waals surface area contributed by atoms with Gasteiger partial charge < -0.3 is 10.5 Å². The largest absolute Gasteiger partial charge is 0.478 e. The number of aromatic nitrogens is 1. The molecule has 1 heterocycles. The summed E-state index contributed by atoms with van der Waals surface area (Å²) in [5.41, 5.74) is 7.40. The molecule has 0 spiro atoms. The number of hydrogen-bond donors (Lipinski definition) is 1. The molecule has 0 saturated carbocycles. The SMILES string of the molecule is Cc1cc(OCCCC(C)C)ncc1N. The van der Waals surface area contributed by atoms with Crippen molar-refractivity contribution in [1.29, 1.82) is 0 Å². The number of nitrogens with zero attached hydrogens (tertiary/aromatic N) is 1. The van der Waals surface area contributed by atoms with Gasteiger partial charge in [-0.15, -0.1) is 0 Å². The fourth-order valence-corrected chi connectivity index (χ4v) is 1.29. The van der Waals surface area contributed by atoms with Crippen LogP contribution >= 0.6 is 0 Å². The normalized spacial score (nSPS) is 10.7. The standard InChI is InChI=1S/C12H20N2O/c1-9(2)5-4-6-15-12-7-10(3)11(13)8-14-12/h7-9H,4-6,13H2,1-3H3. The highest BCUT2D eigenvalue weighted by molar-refractivity contribution is 5.45. The molecular weight excluding hydrogens is 188 g/mol. The van der Waals surface area contributed by atoms with Crippen molar-refractivity contribution < 1.29 is 4.74 Å². The van der Waals surface area contributed by atoms with E-state index in [1.165, 1.54) is 6.42 Å². The zero-order valence-electron chi connectivity index (χ0n) is 9.79. The van der Waals surface area contributed by atoms with Crippen molar-refractivity contribution in [3.63, 3.8) is 0 Å². The van der Waals surface area contributed by atoms with Gasteiger partial charge in [-0.25, -0.2) is 4.98 Å². The molecule has 0 aliphatic heterocycles. The summed E-state index contributed by atoms with van der Waals surface area (Å²) in [6.07, 6.45) is 3.91. The van der Waals surface area contributed by atoms with Gasteiger partial charge in [0.25, 0.3) is 0 Å². The number of pyridine rings is 1. The van der Waals surface area contributed by atoms with Crippen LogP contribution in [0, 0.1) is 12.8 Å². The molecule has 0 radical (unpaired) electrons. The molecule has 3 nitrogen and oxygen atoms in total. The second kappa shape index (κ2) is 5.59. The lowest BCUT2D eigenvalue weighted by Gasteiger charge is -2.08. The highest BCUT2D eigenvalue weighted by Gasteiger charge is 1.99. The van der Waals surface area contributed by atoms with Gasteiger partial charge in [0, 0.05) is 6.07 Å². The Morgan fingerprint density at radius 1 is 1.47 bits per heavy atom. The molecule has 1 aromatic heterocycles. The van der Waals surface area contributed by atoms with Crippen molar-refractivity contribution in [2.75, 3.05) is 12.3 Å². The minimum Gasteiger partial charge on any atom is -0.478 e. The number of ether oxygens (including phenoxy) is 1. The van der Waals surface area contributed by atoms with Gasteiger partial charge in [0.05, 0.1) is 18.5 Å². The monoisotopic (exact) mass is 208 g/mol. The Labute approximate surface area is 91.7 Å². The van der Waals surface area contributed by atoms with Crippen molar-refractivity contribution in [1.82, 2.24) is 4.98 Å². The number of hydrogen-bond acceptors (Lipinski definition) is 3. The molecule has 1 aromatic rings. The summed E-state index contributed by atoms with van der Waals surface area (Å²) in [4.78, 5) is 4.11. The van der Waals surface area contributed by atoms with Crippen LogP contribution in [-0.4, -0.2) is 11.6 Å². The third kappa shape index (κ3) is 4.19. The van der Waals surface area contributed by atoms with Crippen molar-refractivity contribution in [3.05, 3.63) is 17.8 Å². The highest BCUT2D eigenvalue weighted by Crippen LogP contribution is 2.15. The van der Waals surface area contributed by atoms with Crippen LogP contribution < -0.4 is 10.5 Å². The molecule has 1 rings (SSSR count). The van der Waals surface area contributed by atoms with Crippen molar-refractivity contribution in [3.8, 4) is 5.88 Å². The minimum atomic E-state index is 0.672. The highest BCUT2D eigenvalue weighted by atomic mass is 16.5. The van der Waals surface area contributed by atoms with E-state index in [4.69, 9.17) is 10.5 Å². The van der Waals surface area contributed by atoms with E-state index in [9.17, 15) is 0 Å². The average molecular weight is 208 g/mol. The molecule has 0 aromatic carbocycles. The summed E-state index contributed by atoms with van der Waals surface area (Å²) in [6.45, 7) is 7.11. The van der Waals surface area contributed by atoms with E-state index in [2.05, 4.69) is 18.8 Å². The summed E-state index contributed by atoms with van der Waals surface area (Å²) in [6, 6.07) is 1.88. The first kappa shape index (κ1) is 11.8. The number of nitrogen functional groups attached to an aromatic ring is 1. The molecule has 0 atom stereocenters. The van der Waals surface area contributed by atoms with Gasteiger partial charge in [0.15, 0.2) is 0 Å². The molecule has 0 bridgehead atoms. The van der Waals surface area contributed by atoms with E-state index in [0.29, 0.717) is 11.6 Å². The van der Waals surface area contributed by atoms with Crippen molar-refractivity contribution >= 4 is 5.69 Å². The fraction of sp³-hybridized carbons (Fsp3) is 0.583. The molecule has 0 unspecified atom stereocenters. The Hall–Kier alpha value is -1.25. The zero-order valence-corrected chi connectivity index (χ0v) is 9.79. The van der Waals surface area contributed by atoms with Gasteiger partial charge in [0.1, 0.15) is 0 Å². The Morgan fingerprint density at radius 2 is 2.20 bits per heavy atom. The van der Waals surface area contributed by atoms with Gasteiger partial charge in [-0.3, -0.25) is 0 Å². The van der Waals surface area contributed by atoms with E-state index in [-0.39, 0.29) is 0 Å². The lowest BCUT2D eigenvalue weighted by Crippen LogP contribution is -2.02. The van der Waals surface area contributed by atoms with Gasteiger partial charge >= 0.3 is 0 Å². The van der Waals surface area contributed by atoms with Crippen molar-refractivity contribution in [2.45, 2.75) is 33.6 Å². The van der Waals surface area contributed by atoms with E-state index in [0.717, 1.165) is 24.5 Å². The molecule has 15 heavy (non-hydrogen) atoms. The van der Waals surface area contributed by atoms with Gasteiger partial charge in [-0.05, 0) is 31.2 Å². The van der Waals surface area contributed by atoms with Crippen molar-refractivity contribution in [2.24, 2.45) is 5.92 Å². The number of nitrogens with two attached hydrogens (primary N) is 1. The Balaban J connectivity index is 2.35. The topological polar surface area (TPSA) is 48.1 Å². The first-order valence-electron chi connectivity index (χ1n) is 5.44. The molecule has 0 saturated heterocycles.